The zero-order valence-corrected chi connectivity index (χ0v) is 20.9. The van der Waals surface area contributed by atoms with Crippen molar-refractivity contribution in [2.24, 2.45) is 0 Å². The summed E-state index contributed by atoms with van der Waals surface area (Å²) in [7, 11) is 1.31. The molecule has 0 aliphatic heterocycles. The van der Waals surface area contributed by atoms with Crippen molar-refractivity contribution in [3.05, 3.63) is 90.0 Å². The molecule has 0 spiro atoms. The van der Waals surface area contributed by atoms with Gasteiger partial charge in [-0.05, 0) is 60.5 Å². The molecule has 4 rings (SSSR count). The molecule has 2 heterocycles. The van der Waals surface area contributed by atoms with Gasteiger partial charge in [0.25, 0.3) is 0 Å². The van der Waals surface area contributed by atoms with Gasteiger partial charge in [-0.15, -0.1) is 0 Å². The minimum Gasteiger partial charge on any atom is -0.495 e. The third-order valence-corrected chi connectivity index (χ3v) is 5.38. The summed E-state index contributed by atoms with van der Waals surface area (Å²) in [4.78, 5) is 21.1. The summed E-state index contributed by atoms with van der Waals surface area (Å²) in [6.45, 7) is 6.46. The van der Waals surface area contributed by atoms with Gasteiger partial charge in [-0.3, -0.25) is 4.98 Å². The highest BCUT2D eigenvalue weighted by Crippen LogP contribution is 2.35. The SMILES string of the molecule is CC.COc1ccc(C(F)(F)F)cc1NC(=O)Nc1ccc(C)c(Cn2ccnc2-c2ccncc2)c1. The second-order valence-corrected chi connectivity index (χ2v) is 7.75. The maximum atomic E-state index is 13.1. The summed E-state index contributed by atoms with van der Waals surface area (Å²) < 4.78 is 46.3. The minimum atomic E-state index is -4.55. The van der Waals surface area contributed by atoms with Crippen molar-refractivity contribution in [2.45, 2.75) is 33.5 Å². The van der Waals surface area contributed by atoms with E-state index in [1.165, 1.54) is 7.11 Å². The number of amides is 2. The summed E-state index contributed by atoms with van der Waals surface area (Å²) in [5.41, 5.74) is 2.37. The Labute approximate surface area is 213 Å². The highest BCUT2D eigenvalue weighted by atomic mass is 19.4. The standard InChI is InChI=1S/C25H22F3N5O2.C2H6/c1-16-3-5-20(13-18(16)15-33-12-11-30-23(33)17-7-9-29-10-8-17)31-24(34)32-21-14-19(25(26,27)28)4-6-22(21)35-2;1-2/h3-14H,15H2,1-2H3,(H2,31,32,34);1-2H3. The van der Waals surface area contributed by atoms with E-state index in [4.69, 9.17) is 4.74 Å². The molecule has 2 aromatic heterocycles. The third-order valence-electron chi connectivity index (χ3n) is 5.38. The molecule has 10 heteroatoms. The van der Waals surface area contributed by atoms with Gasteiger partial charge in [-0.1, -0.05) is 19.9 Å². The number of nitrogens with zero attached hydrogens (tertiary/aromatic N) is 3. The van der Waals surface area contributed by atoms with E-state index in [0.717, 1.165) is 40.7 Å². The van der Waals surface area contributed by atoms with E-state index in [2.05, 4.69) is 20.6 Å². The van der Waals surface area contributed by atoms with Crippen LogP contribution in [0.1, 0.15) is 30.5 Å². The zero-order valence-electron chi connectivity index (χ0n) is 20.9. The zero-order chi connectivity index (χ0) is 27.0. The average molecular weight is 512 g/mol. The number of rotatable bonds is 6. The number of alkyl halides is 3. The Kier molecular flexibility index (Phi) is 8.89. The summed E-state index contributed by atoms with van der Waals surface area (Å²) >= 11 is 0. The van der Waals surface area contributed by atoms with E-state index in [1.54, 1.807) is 24.7 Å². The van der Waals surface area contributed by atoms with E-state index in [1.807, 2.05) is 55.8 Å². The van der Waals surface area contributed by atoms with Crippen LogP contribution in [-0.2, 0) is 12.7 Å². The van der Waals surface area contributed by atoms with Gasteiger partial charge >= 0.3 is 12.2 Å². The highest BCUT2D eigenvalue weighted by molar-refractivity contribution is 6.00. The second-order valence-electron chi connectivity index (χ2n) is 7.75. The molecular weight excluding hydrogens is 483 g/mol. The van der Waals surface area contributed by atoms with E-state index < -0.39 is 17.8 Å². The predicted octanol–water partition coefficient (Wildman–Crippen LogP) is 7.00. The molecule has 37 heavy (non-hydrogen) atoms. The predicted molar refractivity (Wildman–Crippen MR) is 138 cm³/mol. The molecule has 2 aromatic carbocycles. The van der Waals surface area contributed by atoms with Gasteiger partial charge in [0.05, 0.1) is 18.4 Å². The van der Waals surface area contributed by atoms with Gasteiger partial charge in [0.2, 0.25) is 0 Å². The second kappa shape index (κ2) is 12.1. The summed E-state index contributed by atoms with van der Waals surface area (Å²) in [5.74, 6) is 0.890. The first-order valence-corrected chi connectivity index (χ1v) is 11.6. The van der Waals surface area contributed by atoms with Crippen LogP contribution in [0.4, 0.5) is 29.3 Å². The Hall–Kier alpha value is -4.34. The van der Waals surface area contributed by atoms with Crippen molar-refractivity contribution in [3.63, 3.8) is 0 Å². The number of aryl methyl sites for hydroxylation is 1. The Morgan fingerprint density at radius 2 is 1.73 bits per heavy atom. The van der Waals surface area contributed by atoms with Gasteiger partial charge in [0, 0.05) is 42.6 Å². The van der Waals surface area contributed by atoms with E-state index in [0.29, 0.717) is 12.2 Å². The number of carbonyl (C=O) groups is 1. The number of hydrogen-bond acceptors (Lipinski definition) is 4. The molecule has 2 N–H and O–H groups in total. The summed E-state index contributed by atoms with van der Waals surface area (Å²) in [5, 5.41) is 5.11. The topological polar surface area (TPSA) is 81.1 Å². The molecule has 0 saturated heterocycles. The summed E-state index contributed by atoms with van der Waals surface area (Å²) in [6.07, 6.45) is 2.42. The maximum absolute atomic E-state index is 13.1. The molecule has 4 aromatic rings. The molecule has 2 amide bonds. The van der Waals surface area contributed by atoms with Crippen LogP contribution in [0.3, 0.4) is 0 Å². The average Bonchev–Trinajstić information content (AvgIpc) is 3.35. The fourth-order valence-corrected chi connectivity index (χ4v) is 3.57. The smallest absolute Gasteiger partial charge is 0.416 e. The van der Waals surface area contributed by atoms with Crippen molar-refractivity contribution in [2.75, 3.05) is 17.7 Å². The fraction of sp³-hybridized carbons (Fsp3) is 0.222. The molecule has 0 bridgehead atoms. The van der Waals surface area contributed by atoms with Crippen molar-refractivity contribution in [3.8, 4) is 17.1 Å². The van der Waals surface area contributed by atoms with E-state index >= 15 is 0 Å². The molecule has 0 saturated carbocycles. The monoisotopic (exact) mass is 511 g/mol. The van der Waals surface area contributed by atoms with Crippen molar-refractivity contribution >= 4 is 17.4 Å². The third kappa shape index (κ3) is 6.87. The number of aromatic nitrogens is 3. The van der Waals surface area contributed by atoms with Crippen LogP contribution in [0.5, 0.6) is 5.75 Å². The van der Waals surface area contributed by atoms with Crippen LogP contribution in [0, 0.1) is 6.92 Å². The molecule has 0 aliphatic rings. The van der Waals surface area contributed by atoms with Gasteiger partial charge in [-0.2, -0.15) is 13.2 Å². The Morgan fingerprint density at radius 3 is 2.41 bits per heavy atom. The molecule has 0 radical (unpaired) electrons. The number of nitrogens with one attached hydrogen (secondary N) is 2. The fourth-order valence-electron chi connectivity index (χ4n) is 3.57. The quantitative estimate of drug-likeness (QED) is 0.292. The largest absolute Gasteiger partial charge is 0.495 e. The van der Waals surface area contributed by atoms with E-state index in [9.17, 15) is 18.0 Å². The Bertz CT molecular complexity index is 1340. The molecule has 0 unspecified atom stereocenters. The van der Waals surface area contributed by atoms with E-state index in [-0.39, 0.29) is 11.4 Å². The number of hydrogen-bond donors (Lipinski definition) is 2. The van der Waals surface area contributed by atoms with Crippen LogP contribution in [0.25, 0.3) is 11.4 Å². The molecule has 0 fully saturated rings. The molecule has 0 aliphatic carbocycles. The lowest BCUT2D eigenvalue weighted by Gasteiger charge is -2.15. The van der Waals surface area contributed by atoms with Crippen LogP contribution in [0.2, 0.25) is 0 Å². The number of benzene rings is 2. The van der Waals surface area contributed by atoms with Gasteiger partial charge < -0.3 is 19.9 Å². The van der Waals surface area contributed by atoms with Crippen molar-refractivity contribution < 1.29 is 22.7 Å². The van der Waals surface area contributed by atoms with Crippen molar-refractivity contribution in [1.82, 2.24) is 14.5 Å². The number of imidazole rings is 1. The first kappa shape index (κ1) is 27.3. The van der Waals surface area contributed by atoms with Gasteiger partial charge in [0.15, 0.2) is 0 Å². The number of carbonyl (C=O) groups excluding carboxylic acids is 1. The normalized spacial score (nSPS) is 10.8. The van der Waals surface area contributed by atoms with Crippen LogP contribution in [-0.4, -0.2) is 27.7 Å². The lowest BCUT2D eigenvalue weighted by atomic mass is 10.1. The highest BCUT2D eigenvalue weighted by Gasteiger charge is 2.31. The van der Waals surface area contributed by atoms with Crippen LogP contribution in [0.15, 0.2) is 73.3 Å². The maximum Gasteiger partial charge on any atom is 0.416 e. The Morgan fingerprint density at radius 1 is 1.00 bits per heavy atom. The summed E-state index contributed by atoms with van der Waals surface area (Å²) in [6, 6.07) is 11.3. The molecule has 7 nitrogen and oxygen atoms in total. The lowest BCUT2D eigenvalue weighted by Crippen LogP contribution is -2.20. The number of pyridine rings is 1. The molecule has 194 valence electrons. The number of ether oxygens (including phenoxy) is 1. The molecular formula is C27H28F3N5O2. The first-order chi connectivity index (χ1) is 17.7. The van der Waals surface area contributed by atoms with Gasteiger partial charge in [-0.25, -0.2) is 9.78 Å². The van der Waals surface area contributed by atoms with Crippen molar-refractivity contribution in [1.29, 1.82) is 0 Å². The number of methoxy groups -OCH3 is 1. The number of anilines is 2. The first-order valence-electron chi connectivity index (χ1n) is 11.6. The minimum absolute atomic E-state index is 0.0902. The number of urea groups is 1. The lowest BCUT2D eigenvalue weighted by molar-refractivity contribution is -0.137. The van der Waals surface area contributed by atoms with Crippen LogP contribution < -0.4 is 15.4 Å². The van der Waals surface area contributed by atoms with Gasteiger partial charge in [0.1, 0.15) is 11.6 Å². The van der Waals surface area contributed by atoms with Crippen LogP contribution >= 0.6 is 0 Å². The Balaban J connectivity index is 0.00000186. The molecule has 0 atom stereocenters. The number of halogens is 3.